The highest BCUT2D eigenvalue weighted by Crippen LogP contribution is 2.31. The Bertz CT molecular complexity index is 410. The van der Waals surface area contributed by atoms with Gasteiger partial charge >= 0.3 is 5.97 Å². The fraction of sp³-hybridized carbons (Fsp3) is 0.462. The van der Waals surface area contributed by atoms with Gasteiger partial charge in [-0.05, 0) is 36.5 Å². The number of aryl methyl sites for hydroxylation is 1. The summed E-state index contributed by atoms with van der Waals surface area (Å²) in [5.41, 5.74) is 0.489. The molecule has 0 radical (unpaired) electrons. The standard InChI is InChI=1S/C13H18O4/c1-8(2)4-3-5-9-6-10(13(16)17)12(15)11(14)7-9/h6-8,14-15H,3-5H2,1-2H3,(H,16,17). The van der Waals surface area contributed by atoms with Crippen LogP contribution in [0.15, 0.2) is 12.1 Å². The number of aromatic carboxylic acids is 1. The lowest BCUT2D eigenvalue weighted by atomic mass is 10.0. The van der Waals surface area contributed by atoms with Gasteiger partial charge in [0.1, 0.15) is 5.56 Å². The van der Waals surface area contributed by atoms with Crippen LogP contribution in [0.25, 0.3) is 0 Å². The Morgan fingerprint density at radius 2 is 1.94 bits per heavy atom. The lowest BCUT2D eigenvalue weighted by Gasteiger charge is -2.08. The summed E-state index contributed by atoms with van der Waals surface area (Å²) in [6.07, 6.45) is 2.68. The van der Waals surface area contributed by atoms with Crippen LogP contribution in [0.5, 0.6) is 11.5 Å². The highest BCUT2D eigenvalue weighted by molar-refractivity contribution is 5.92. The fourth-order valence-corrected chi connectivity index (χ4v) is 1.70. The third kappa shape index (κ3) is 3.66. The van der Waals surface area contributed by atoms with Gasteiger partial charge in [0.2, 0.25) is 0 Å². The van der Waals surface area contributed by atoms with Crippen LogP contribution >= 0.6 is 0 Å². The largest absolute Gasteiger partial charge is 0.504 e. The van der Waals surface area contributed by atoms with E-state index in [0.717, 1.165) is 18.4 Å². The molecule has 0 amide bonds. The molecule has 0 fully saturated rings. The molecule has 0 unspecified atom stereocenters. The van der Waals surface area contributed by atoms with Crippen LogP contribution in [0.1, 0.15) is 42.6 Å². The zero-order chi connectivity index (χ0) is 13.0. The predicted octanol–water partition coefficient (Wildman–Crippen LogP) is 2.77. The van der Waals surface area contributed by atoms with Gasteiger partial charge in [0.25, 0.3) is 0 Å². The fourth-order valence-electron chi connectivity index (χ4n) is 1.70. The third-order valence-electron chi connectivity index (χ3n) is 2.63. The van der Waals surface area contributed by atoms with Gasteiger partial charge in [0.05, 0.1) is 0 Å². The molecule has 0 saturated heterocycles. The normalized spacial score (nSPS) is 10.8. The zero-order valence-corrected chi connectivity index (χ0v) is 10.1. The highest BCUT2D eigenvalue weighted by Gasteiger charge is 2.14. The number of rotatable bonds is 5. The third-order valence-corrected chi connectivity index (χ3v) is 2.63. The molecule has 4 heteroatoms. The summed E-state index contributed by atoms with van der Waals surface area (Å²) < 4.78 is 0. The van der Waals surface area contributed by atoms with Crippen molar-refractivity contribution in [1.29, 1.82) is 0 Å². The van der Waals surface area contributed by atoms with E-state index in [0.29, 0.717) is 12.3 Å². The van der Waals surface area contributed by atoms with Gasteiger partial charge in [0.15, 0.2) is 11.5 Å². The Morgan fingerprint density at radius 3 is 2.47 bits per heavy atom. The van der Waals surface area contributed by atoms with E-state index in [4.69, 9.17) is 5.11 Å². The average Bonchev–Trinajstić information content (AvgIpc) is 2.22. The van der Waals surface area contributed by atoms with E-state index >= 15 is 0 Å². The molecule has 3 N–H and O–H groups in total. The number of carboxylic acids is 1. The first-order valence-electron chi connectivity index (χ1n) is 5.70. The van der Waals surface area contributed by atoms with Gasteiger partial charge in [-0.1, -0.05) is 20.3 Å². The number of hydrogen-bond donors (Lipinski definition) is 3. The van der Waals surface area contributed by atoms with E-state index in [1.165, 1.54) is 12.1 Å². The van der Waals surface area contributed by atoms with E-state index in [2.05, 4.69) is 13.8 Å². The summed E-state index contributed by atoms with van der Waals surface area (Å²) in [5.74, 6) is -1.57. The molecule has 1 aromatic rings. The van der Waals surface area contributed by atoms with Crippen LogP contribution in [0.2, 0.25) is 0 Å². The van der Waals surface area contributed by atoms with Crippen LogP contribution in [0.3, 0.4) is 0 Å². The van der Waals surface area contributed by atoms with Crippen molar-refractivity contribution in [2.24, 2.45) is 5.92 Å². The molecule has 0 aliphatic rings. The number of carboxylic acid groups (broad SMARTS) is 1. The Balaban J connectivity index is 2.84. The summed E-state index contributed by atoms with van der Waals surface area (Å²) in [7, 11) is 0. The first kappa shape index (κ1) is 13.4. The molecule has 1 rings (SSSR count). The van der Waals surface area contributed by atoms with Crippen molar-refractivity contribution >= 4 is 5.97 Å². The molecule has 0 heterocycles. The molecule has 0 atom stereocenters. The maximum absolute atomic E-state index is 10.8. The molecule has 4 nitrogen and oxygen atoms in total. The van der Waals surface area contributed by atoms with Gasteiger partial charge in [-0.25, -0.2) is 4.79 Å². The summed E-state index contributed by atoms with van der Waals surface area (Å²) in [6, 6.07) is 2.83. The van der Waals surface area contributed by atoms with E-state index in [-0.39, 0.29) is 11.3 Å². The average molecular weight is 238 g/mol. The van der Waals surface area contributed by atoms with E-state index < -0.39 is 11.7 Å². The van der Waals surface area contributed by atoms with Crippen molar-refractivity contribution in [2.45, 2.75) is 33.1 Å². The van der Waals surface area contributed by atoms with Gasteiger partial charge in [0, 0.05) is 0 Å². The first-order valence-corrected chi connectivity index (χ1v) is 5.70. The van der Waals surface area contributed by atoms with Crippen molar-refractivity contribution in [3.8, 4) is 11.5 Å². The van der Waals surface area contributed by atoms with Gasteiger partial charge in [-0.2, -0.15) is 0 Å². The van der Waals surface area contributed by atoms with Crippen LogP contribution < -0.4 is 0 Å². The number of phenolic OH excluding ortho intramolecular Hbond substituents is 1. The predicted molar refractivity (Wildman–Crippen MR) is 64.5 cm³/mol. The van der Waals surface area contributed by atoms with Crippen LogP contribution in [0, 0.1) is 5.92 Å². The number of aromatic hydroxyl groups is 2. The molecular formula is C13H18O4. The monoisotopic (exact) mass is 238 g/mol. The maximum Gasteiger partial charge on any atom is 0.339 e. The Kier molecular flexibility index (Phi) is 4.37. The van der Waals surface area contributed by atoms with Crippen molar-refractivity contribution in [3.63, 3.8) is 0 Å². The summed E-state index contributed by atoms with van der Waals surface area (Å²) in [4.78, 5) is 10.8. The zero-order valence-electron chi connectivity index (χ0n) is 10.1. The lowest BCUT2D eigenvalue weighted by Crippen LogP contribution is -1.99. The van der Waals surface area contributed by atoms with E-state index in [9.17, 15) is 15.0 Å². The summed E-state index contributed by atoms with van der Waals surface area (Å²) in [5, 5.41) is 27.7. The quantitative estimate of drug-likeness (QED) is 0.689. The van der Waals surface area contributed by atoms with Crippen molar-refractivity contribution in [2.75, 3.05) is 0 Å². The minimum atomic E-state index is -1.23. The minimum Gasteiger partial charge on any atom is -0.504 e. The minimum absolute atomic E-state index is 0.246. The van der Waals surface area contributed by atoms with Crippen LogP contribution in [-0.4, -0.2) is 21.3 Å². The van der Waals surface area contributed by atoms with E-state index in [1.807, 2.05) is 0 Å². The Hall–Kier alpha value is -1.71. The molecule has 94 valence electrons. The maximum atomic E-state index is 10.8. The molecular weight excluding hydrogens is 220 g/mol. The molecule has 0 saturated carbocycles. The second-order valence-corrected chi connectivity index (χ2v) is 4.60. The Labute approximate surface area is 101 Å². The number of hydrogen-bond acceptors (Lipinski definition) is 3. The number of benzene rings is 1. The van der Waals surface area contributed by atoms with Crippen molar-refractivity contribution in [1.82, 2.24) is 0 Å². The van der Waals surface area contributed by atoms with E-state index in [1.54, 1.807) is 0 Å². The molecule has 0 aliphatic heterocycles. The van der Waals surface area contributed by atoms with Crippen molar-refractivity contribution in [3.05, 3.63) is 23.3 Å². The second kappa shape index (κ2) is 5.57. The molecule has 1 aromatic carbocycles. The summed E-state index contributed by atoms with van der Waals surface area (Å²) >= 11 is 0. The lowest BCUT2D eigenvalue weighted by molar-refractivity contribution is 0.0693. The number of carbonyl (C=O) groups is 1. The van der Waals surface area contributed by atoms with Crippen LogP contribution in [0.4, 0.5) is 0 Å². The second-order valence-electron chi connectivity index (χ2n) is 4.60. The molecule has 17 heavy (non-hydrogen) atoms. The molecule has 0 aromatic heterocycles. The van der Waals surface area contributed by atoms with Gasteiger partial charge in [-0.3, -0.25) is 0 Å². The highest BCUT2D eigenvalue weighted by atomic mass is 16.4. The Morgan fingerprint density at radius 1 is 1.29 bits per heavy atom. The molecule has 0 bridgehead atoms. The SMILES string of the molecule is CC(C)CCCc1cc(O)c(O)c(C(=O)O)c1. The topological polar surface area (TPSA) is 77.8 Å². The number of phenols is 2. The van der Waals surface area contributed by atoms with Crippen LogP contribution in [-0.2, 0) is 6.42 Å². The van der Waals surface area contributed by atoms with Gasteiger partial charge < -0.3 is 15.3 Å². The summed E-state index contributed by atoms with van der Waals surface area (Å²) in [6.45, 7) is 4.24. The molecule has 0 aliphatic carbocycles. The van der Waals surface area contributed by atoms with Gasteiger partial charge in [-0.15, -0.1) is 0 Å². The van der Waals surface area contributed by atoms with Crippen molar-refractivity contribution < 1.29 is 20.1 Å². The first-order chi connectivity index (χ1) is 7.91. The molecule has 0 spiro atoms. The smallest absolute Gasteiger partial charge is 0.339 e.